The van der Waals surface area contributed by atoms with Gasteiger partial charge >= 0.3 is 0 Å². The molecule has 0 aliphatic carbocycles. The molecule has 0 saturated heterocycles. The van der Waals surface area contributed by atoms with Crippen LogP contribution in [0.3, 0.4) is 0 Å². The van der Waals surface area contributed by atoms with E-state index in [2.05, 4.69) is 39.7 Å². The third kappa shape index (κ3) is 5.19. The van der Waals surface area contributed by atoms with Gasteiger partial charge in [0.15, 0.2) is 0 Å². The minimum absolute atomic E-state index is 0.597. The van der Waals surface area contributed by atoms with Crippen molar-refractivity contribution in [2.24, 2.45) is 0 Å². The Morgan fingerprint density at radius 2 is 1.76 bits per heavy atom. The number of nitrogens with one attached hydrogen (secondary N) is 2. The second-order valence-electron chi connectivity index (χ2n) is 6.02. The summed E-state index contributed by atoms with van der Waals surface area (Å²) in [6, 6.07) is 18.0. The Bertz CT molecular complexity index is 847. The maximum atomic E-state index is 5.91. The van der Waals surface area contributed by atoms with Gasteiger partial charge in [-0.1, -0.05) is 35.9 Å². The molecule has 0 aliphatic heterocycles. The zero-order valence-corrected chi connectivity index (χ0v) is 15.1. The summed E-state index contributed by atoms with van der Waals surface area (Å²) < 4.78 is 0. The van der Waals surface area contributed by atoms with Gasteiger partial charge in [-0.05, 0) is 55.7 Å². The van der Waals surface area contributed by atoms with Gasteiger partial charge in [-0.15, -0.1) is 0 Å². The molecule has 0 unspecified atom stereocenters. The third-order valence-electron chi connectivity index (χ3n) is 3.76. The van der Waals surface area contributed by atoms with Crippen LogP contribution in [0.15, 0.2) is 54.6 Å². The summed E-state index contributed by atoms with van der Waals surface area (Å²) >= 11 is 5.91. The first-order valence-corrected chi connectivity index (χ1v) is 8.64. The van der Waals surface area contributed by atoms with Crippen molar-refractivity contribution in [3.63, 3.8) is 0 Å². The van der Waals surface area contributed by atoms with Gasteiger partial charge < -0.3 is 10.6 Å². The molecule has 0 amide bonds. The summed E-state index contributed by atoms with van der Waals surface area (Å²) in [6.45, 7) is 4.82. The van der Waals surface area contributed by atoms with Crippen LogP contribution >= 0.6 is 11.6 Å². The Balaban J connectivity index is 1.63. The highest BCUT2D eigenvalue weighted by Gasteiger charge is 2.03. The summed E-state index contributed by atoms with van der Waals surface area (Å²) in [6.07, 6.45) is 0.904. The second kappa shape index (κ2) is 7.99. The van der Waals surface area contributed by atoms with Gasteiger partial charge in [0.2, 0.25) is 5.95 Å². The Morgan fingerprint density at radius 3 is 2.52 bits per heavy atom. The highest BCUT2D eigenvalue weighted by atomic mass is 35.5. The summed E-state index contributed by atoms with van der Waals surface area (Å²) in [5.74, 6) is 1.41. The van der Waals surface area contributed by atoms with E-state index in [4.69, 9.17) is 11.6 Å². The summed E-state index contributed by atoms with van der Waals surface area (Å²) in [5, 5.41) is 7.38. The molecular weight excluding hydrogens is 332 g/mol. The molecular formula is C20H21ClN4. The molecule has 0 bridgehead atoms. The van der Waals surface area contributed by atoms with Gasteiger partial charge in [-0.3, -0.25) is 0 Å². The molecule has 0 atom stereocenters. The van der Waals surface area contributed by atoms with Crippen LogP contribution in [-0.2, 0) is 6.42 Å². The van der Waals surface area contributed by atoms with Crippen LogP contribution in [0.2, 0.25) is 5.02 Å². The molecule has 4 nitrogen and oxygen atoms in total. The maximum absolute atomic E-state index is 5.91. The SMILES string of the molecule is Cc1cccc(Nc2nc(C)cc(NCCc3ccc(Cl)cc3)n2)c1. The van der Waals surface area contributed by atoms with E-state index in [1.807, 2.05) is 49.4 Å². The van der Waals surface area contributed by atoms with Crippen molar-refractivity contribution in [1.82, 2.24) is 9.97 Å². The molecule has 1 aromatic heterocycles. The van der Waals surface area contributed by atoms with Crippen molar-refractivity contribution >= 4 is 29.1 Å². The first-order chi connectivity index (χ1) is 12.1. The monoisotopic (exact) mass is 352 g/mol. The fraction of sp³-hybridized carbons (Fsp3) is 0.200. The van der Waals surface area contributed by atoms with Crippen molar-refractivity contribution in [3.8, 4) is 0 Å². The highest BCUT2D eigenvalue weighted by Crippen LogP contribution is 2.17. The molecule has 0 fully saturated rings. The standard InChI is InChI=1S/C20H21ClN4/c1-14-4-3-5-18(12-14)24-20-23-15(2)13-19(25-20)22-11-10-16-6-8-17(21)9-7-16/h3-9,12-13H,10-11H2,1-2H3,(H2,22,23,24,25). The van der Waals surface area contributed by atoms with Crippen molar-refractivity contribution in [2.45, 2.75) is 20.3 Å². The smallest absolute Gasteiger partial charge is 0.229 e. The lowest BCUT2D eigenvalue weighted by atomic mass is 10.1. The predicted molar refractivity (Wildman–Crippen MR) is 105 cm³/mol. The van der Waals surface area contributed by atoms with E-state index in [0.29, 0.717) is 5.95 Å². The van der Waals surface area contributed by atoms with E-state index in [9.17, 15) is 0 Å². The number of hydrogen-bond acceptors (Lipinski definition) is 4. The molecule has 5 heteroatoms. The lowest BCUT2D eigenvalue weighted by Gasteiger charge is -2.10. The van der Waals surface area contributed by atoms with Gasteiger partial charge in [0, 0.05) is 29.0 Å². The normalized spacial score (nSPS) is 10.5. The first kappa shape index (κ1) is 17.2. The zero-order valence-electron chi connectivity index (χ0n) is 14.4. The van der Waals surface area contributed by atoms with Gasteiger partial charge in [0.1, 0.15) is 5.82 Å². The van der Waals surface area contributed by atoms with Gasteiger partial charge in [0.05, 0.1) is 0 Å². The largest absolute Gasteiger partial charge is 0.370 e. The number of benzene rings is 2. The minimum atomic E-state index is 0.597. The second-order valence-corrected chi connectivity index (χ2v) is 6.45. The molecule has 0 saturated carbocycles. The summed E-state index contributed by atoms with van der Waals surface area (Å²) in [4.78, 5) is 9.01. The molecule has 0 spiro atoms. The van der Waals surface area contributed by atoms with E-state index >= 15 is 0 Å². The Labute approximate surface area is 153 Å². The van der Waals surface area contributed by atoms with Crippen LogP contribution in [0.25, 0.3) is 0 Å². The van der Waals surface area contributed by atoms with E-state index < -0.39 is 0 Å². The van der Waals surface area contributed by atoms with E-state index in [1.54, 1.807) is 0 Å². The lowest BCUT2D eigenvalue weighted by Crippen LogP contribution is -2.08. The molecule has 3 aromatic rings. The van der Waals surface area contributed by atoms with Crippen LogP contribution in [0, 0.1) is 13.8 Å². The van der Waals surface area contributed by atoms with Crippen molar-refractivity contribution < 1.29 is 0 Å². The molecule has 0 radical (unpaired) electrons. The summed E-state index contributed by atoms with van der Waals surface area (Å²) in [7, 11) is 0. The molecule has 2 N–H and O–H groups in total. The Morgan fingerprint density at radius 1 is 0.960 bits per heavy atom. The van der Waals surface area contributed by atoms with Crippen LogP contribution in [-0.4, -0.2) is 16.5 Å². The topological polar surface area (TPSA) is 49.8 Å². The van der Waals surface area contributed by atoms with Crippen molar-refractivity contribution in [3.05, 3.63) is 76.4 Å². The van der Waals surface area contributed by atoms with Crippen LogP contribution in [0.1, 0.15) is 16.8 Å². The minimum Gasteiger partial charge on any atom is -0.370 e. The molecule has 128 valence electrons. The number of aromatic nitrogens is 2. The number of aryl methyl sites for hydroxylation is 2. The van der Waals surface area contributed by atoms with Crippen molar-refractivity contribution in [1.29, 1.82) is 0 Å². The first-order valence-electron chi connectivity index (χ1n) is 8.26. The van der Waals surface area contributed by atoms with Gasteiger partial charge in [-0.25, -0.2) is 4.98 Å². The highest BCUT2D eigenvalue weighted by molar-refractivity contribution is 6.30. The molecule has 1 heterocycles. The summed E-state index contributed by atoms with van der Waals surface area (Å²) in [5.41, 5.74) is 4.33. The van der Waals surface area contributed by atoms with Crippen molar-refractivity contribution in [2.75, 3.05) is 17.2 Å². The van der Waals surface area contributed by atoms with Gasteiger partial charge in [0.25, 0.3) is 0 Å². The van der Waals surface area contributed by atoms with Crippen LogP contribution in [0.4, 0.5) is 17.5 Å². The molecule has 2 aromatic carbocycles. The van der Waals surface area contributed by atoms with Gasteiger partial charge in [-0.2, -0.15) is 4.98 Å². The quantitative estimate of drug-likeness (QED) is 0.644. The fourth-order valence-electron chi connectivity index (χ4n) is 2.55. The average Bonchev–Trinajstić information content (AvgIpc) is 2.56. The lowest BCUT2D eigenvalue weighted by molar-refractivity contribution is 0.995. The number of rotatable bonds is 6. The number of anilines is 3. The molecule has 0 aliphatic rings. The van der Waals surface area contributed by atoms with E-state index in [0.717, 1.165) is 35.2 Å². The van der Waals surface area contributed by atoms with E-state index in [-0.39, 0.29) is 0 Å². The third-order valence-corrected chi connectivity index (χ3v) is 4.01. The Kier molecular flexibility index (Phi) is 5.51. The number of nitrogens with zero attached hydrogens (tertiary/aromatic N) is 2. The predicted octanol–water partition coefficient (Wildman–Crippen LogP) is 5.15. The number of hydrogen-bond donors (Lipinski definition) is 2. The average molecular weight is 353 g/mol. The Hall–Kier alpha value is -2.59. The molecule has 25 heavy (non-hydrogen) atoms. The molecule has 3 rings (SSSR count). The van der Waals surface area contributed by atoms with Crippen LogP contribution in [0.5, 0.6) is 0 Å². The van der Waals surface area contributed by atoms with E-state index in [1.165, 1.54) is 11.1 Å². The zero-order chi connectivity index (χ0) is 17.6. The number of halogens is 1. The maximum Gasteiger partial charge on any atom is 0.229 e. The van der Waals surface area contributed by atoms with Crippen LogP contribution < -0.4 is 10.6 Å². The fourth-order valence-corrected chi connectivity index (χ4v) is 2.68.